The molecule has 1 aromatic carbocycles. The van der Waals surface area contributed by atoms with Gasteiger partial charge in [-0.2, -0.15) is 0 Å². The van der Waals surface area contributed by atoms with Crippen LogP contribution in [0.1, 0.15) is 63.7 Å². The topological polar surface area (TPSA) is 29.5 Å². The lowest BCUT2D eigenvalue weighted by molar-refractivity contribution is 0.0988. The first-order valence-electron chi connectivity index (χ1n) is 7.63. The zero-order chi connectivity index (χ0) is 13.8. The van der Waals surface area contributed by atoms with Gasteiger partial charge in [-0.3, -0.25) is 0 Å². The third kappa shape index (κ3) is 3.30. The second-order valence-electron chi connectivity index (χ2n) is 5.76. The lowest BCUT2D eigenvalue weighted by atomic mass is 9.88. The minimum atomic E-state index is -0.335. The number of rotatable bonds is 6. The Morgan fingerprint density at radius 1 is 1.37 bits per heavy atom. The molecular formula is C17H26O2. The van der Waals surface area contributed by atoms with Crippen molar-refractivity contribution in [2.45, 2.75) is 65.1 Å². The molecule has 1 aromatic rings. The van der Waals surface area contributed by atoms with E-state index in [9.17, 15) is 5.11 Å². The van der Waals surface area contributed by atoms with Crippen LogP contribution in [0, 0.1) is 5.92 Å². The van der Waals surface area contributed by atoms with E-state index in [2.05, 4.69) is 26.8 Å². The van der Waals surface area contributed by atoms with Gasteiger partial charge in [-0.1, -0.05) is 39.2 Å². The molecule has 0 aromatic heterocycles. The maximum absolute atomic E-state index is 10.6. The Labute approximate surface area is 116 Å². The molecule has 2 nitrogen and oxygen atoms in total. The summed E-state index contributed by atoms with van der Waals surface area (Å²) in [5, 5.41) is 10.6. The highest BCUT2D eigenvalue weighted by molar-refractivity contribution is 5.41. The Kier molecular flexibility index (Phi) is 4.87. The summed E-state index contributed by atoms with van der Waals surface area (Å²) in [5.74, 6) is 1.36. The normalized spacial score (nSPS) is 20.7. The molecule has 106 valence electrons. The van der Waals surface area contributed by atoms with Gasteiger partial charge in [-0.25, -0.2) is 0 Å². The molecule has 19 heavy (non-hydrogen) atoms. The molecule has 1 aliphatic heterocycles. The van der Waals surface area contributed by atoms with Crippen LogP contribution in [0.3, 0.4) is 0 Å². The Morgan fingerprint density at radius 3 is 2.84 bits per heavy atom. The molecule has 1 heterocycles. The molecule has 0 saturated heterocycles. The van der Waals surface area contributed by atoms with E-state index in [1.807, 2.05) is 12.1 Å². The third-order valence-electron chi connectivity index (χ3n) is 4.16. The van der Waals surface area contributed by atoms with Crippen LogP contribution >= 0.6 is 0 Å². The summed E-state index contributed by atoms with van der Waals surface area (Å²) in [6.07, 6.45) is 5.42. The molecule has 0 bridgehead atoms. The number of ether oxygens (including phenoxy) is 1. The SMILES string of the molecule is CCCCC(CC)C(O)c1ccc2c(c1)CC(C)O2. The summed E-state index contributed by atoms with van der Waals surface area (Å²) in [6.45, 7) is 6.46. The molecular weight excluding hydrogens is 236 g/mol. The predicted octanol–water partition coefficient (Wildman–Crippen LogP) is 4.26. The van der Waals surface area contributed by atoms with Gasteiger partial charge < -0.3 is 9.84 Å². The smallest absolute Gasteiger partial charge is 0.123 e. The third-order valence-corrected chi connectivity index (χ3v) is 4.16. The monoisotopic (exact) mass is 262 g/mol. The summed E-state index contributed by atoms with van der Waals surface area (Å²) in [4.78, 5) is 0. The van der Waals surface area contributed by atoms with Crippen LogP contribution in [0.2, 0.25) is 0 Å². The first-order valence-corrected chi connectivity index (χ1v) is 7.63. The van der Waals surface area contributed by atoms with Gasteiger partial charge >= 0.3 is 0 Å². The van der Waals surface area contributed by atoms with E-state index >= 15 is 0 Å². The summed E-state index contributed by atoms with van der Waals surface area (Å²) in [7, 11) is 0. The minimum absolute atomic E-state index is 0.268. The molecule has 1 aliphatic rings. The summed E-state index contributed by atoms with van der Waals surface area (Å²) < 4.78 is 5.71. The molecule has 1 N–H and O–H groups in total. The van der Waals surface area contributed by atoms with Crippen molar-refractivity contribution in [2.24, 2.45) is 5.92 Å². The van der Waals surface area contributed by atoms with Gasteiger partial charge in [0.2, 0.25) is 0 Å². The van der Waals surface area contributed by atoms with Crippen molar-refractivity contribution < 1.29 is 9.84 Å². The maximum Gasteiger partial charge on any atom is 0.123 e. The summed E-state index contributed by atoms with van der Waals surface area (Å²) in [5.41, 5.74) is 2.30. The van der Waals surface area contributed by atoms with Gasteiger partial charge in [0.15, 0.2) is 0 Å². The average molecular weight is 262 g/mol. The molecule has 3 unspecified atom stereocenters. The van der Waals surface area contributed by atoms with Crippen LogP contribution in [0.15, 0.2) is 18.2 Å². The van der Waals surface area contributed by atoms with Gasteiger partial charge in [0, 0.05) is 6.42 Å². The Balaban J connectivity index is 2.10. The highest BCUT2D eigenvalue weighted by atomic mass is 16.5. The molecule has 0 radical (unpaired) electrons. The molecule has 0 aliphatic carbocycles. The zero-order valence-electron chi connectivity index (χ0n) is 12.4. The van der Waals surface area contributed by atoms with Crippen molar-refractivity contribution in [2.75, 3.05) is 0 Å². The number of benzene rings is 1. The number of aliphatic hydroxyl groups is 1. The van der Waals surface area contributed by atoms with Crippen LogP contribution in [0.5, 0.6) is 5.75 Å². The van der Waals surface area contributed by atoms with E-state index < -0.39 is 0 Å². The van der Waals surface area contributed by atoms with Crippen molar-refractivity contribution in [3.8, 4) is 5.75 Å². The van der Waals surface area contributed by atoms with E-state index in [1.165, 1.54) is 18.4 Å². The van der Waals surface area contributed by atoms with Crippen molar-refractivity contribution in [1.82, 2.24) is 0 Å². The molecule has 2 heteroatoms. The van der Waals surface area contributed by atoms with Crippen molar-refractivity contribution in [1.29, 1.82) is 0 Å². The Morgan fingerprint density at radius 2 is 2.16 bits per heavy atom. The number of hydrogen-bond donors (Lipinski definition) is 1. The van der Waals surface area contributed by atoms with E-state index in [0.717, 1.165) is 30.6 Å². The minimum Gasteiger partial charge on any atom is -0.490 e. The highest BCUT2D eigenvalue weighted by Crippen LogP contribution is 2.34. The largest absolute Gasteiger partial charge is 0.490 e. The fraction of sp³-hybridized carbons (Fsp3) is 0.647. The molecule has 2 rings (SSSR count). The summed E-state index contributed by atoms with van der Waals surface area (Å²) >= 11 is 0. The maximum atomic E-state index is 10.6. The van der Waals surface area contributed by atoms with Crippen LogP contribution in [-0.2, 0) is 6.42 Å². The van der Waals surface area contributed by atoms with Crippen molar-refractivity contribution in [3.05, 3.63) is 29.3 Å². The quantitative estimate of drug-likeness (QED) is 0.830. The molecule has 0 fully saturated rings. The predicted molar refractivity (Wildman–Crippen MR) is 78.5 cm³/mol. The average Bonchev–Trinajstić information content (AvgIpc) is 2.78. The molecule has 3 atom stereocenters. The number of fused-ring (bicyclic) bond motifs is 1. The number of unbranched alkanes of at least 4 members (excludes halogenated alkanes) is 1. The second-order valence-corrected chi connectivity index (χ2v) is 5.76. The van der Waals surface area contributed by atoms with Crippen molar-refractivity contribution >= 4 is 0 Å². The van der Waals surface area contributed by atoms with Gasteiger partial charge in [0.05, 0.1) is 6.10 Å². The van der Waals surface area contributed by atoms with Gasteiger partial charge in [0.25, 0.3) is 0 Å². The van der Waals surface area contributed by atoms with Crippen molar-refractivity contribution in [3.63, 3.8) is 0 Å². The lowest BCUT2D eigenvalue weighted by Crippen LogP contribution is -2.12. The zero-order valence-corrected chi connectivity index (χ0v) is 12.4. The van der Waals surface area contributed by atoms with Gasteiger partial charge in [-0.05, 0) is 42.5 Å². The van der Waals surface area contributed by atoms with Crippen LogP contribution < -0.4 is 4.74 Å². The fourth-order valence-electron chi connectivity index (χ4n) is 2.95. The van der Waals surface area contributed by atoms with Crippen LogP contribution in [0.25, 0.3) is 0 Å². The second kappa shape index (κ2) is 6.42. The molecule has 0 saturated carbocycles. The summed E-state index contributed by atoms with van der Waals surface area (Å²) in [6, 6.07) is 6.18. The van der Waals surface area contributed by atoms with Crippen LogP contribution in [-0.4, -0.2) is 11.2 Å². The highest BCUT2D eigenvalue weighted by Gasteiger charge is 2.23. The first kappa shape index (κ1) is 14.4. The Hall–Kier alpha value is -1.02. The van der Waals surface area contributed by atoms with E-state index in [1.54, 1.807) is 0 Å². The van der Waals surface area contributed by atoms with E-state index in [4.69, 9.17) is 4.74 Å². The van der Waals surface area contributed by atoms with E-state index in [0.29, 0.717) is 5.92 Å². The lowest BCUT2D eigenvalue weighted by Gasteiger charge is -2.22. The molecule has 0 amide bonds. The Bertz CT molecular complexity index is 414. The molecule has 0 spiro atoms. The van der Waals surface area contributed by atoms with Gasteiger partial charge in [0.1, 0.15) is 11.9 Å². The fourth-order valence-corrected chi connectivity index (χ4v) is 2.95. The van der Waals surface area contributed by atoms with Gasteiger partial charge in [-0.15, -0.1) is 0 Å². The first-order chi connectivity index (χ1) is 9.15. The number of aliphatic hydroxyl groups excluding tert-OH is 1. The van der Waals surface area contributed by atoms with Crippen LogP contribution in [0.4, 0.5) is 0 Å². The number of hydrogen-bond acceptors (Lipinski definition) is 2. The standard InChI is InChI=1S/C17H26O2/c1-4-6-7-13(5-2)17(18)14-8-9-16-15(11-14)10-12(3)19-16/h8-9,11-13,17-18H,4-7,10H2,1-3H3. The van der Waals surface area contributed by atoms with E-state index in [-0.39, 0.29) is 12.2 Å².